The number of piperazine rings is 1. The Labute approximate surface area is 72.0 Å². The van der Waals surface area contributed by atoms with Gasteiger partial charge in [-0.1, -0.05) is 6.58 Å². The molecule has 0 aliphatic carbocycles. The van der Waals surface area contributed by atoms with Crippen molar-refractivity contribution in [1.82, 2.24) is 10.6 Å². The Bertz CT molecular complexity index is 155. The topological polar surface area (TPSA) is 50.4 Å². The molecular formula is C8H14N2O2. The van der Waals surface area contributed by atoms with Gasteiger partial charge < -0.3 is 15.4 Å². The molecule has 1 aliphatic heterocycles. The number of hydrogen-bond donors (Lipinski definition) is 2. The second kappa shape index (κ2) is 4.90. The van der Waals surface area contributed by atoms with Gasteiger partial charge in [0.15, 0.2) is 0 Å². The maximum absolute atomic E-state index is 10.1. The van der Waals surface area contributed by atoms with Crippen LogP contribution in [0, 0.1) is 0 Å². The van der Waals surface area contributed by atoms with E-state index in [0.29, 0.717) is 6.47 Å². The molecule has 0 aromatic rings. The minimum Gasteiger partial charge on any atom is -0.459 e. The Morgan fingerprint density at radius 1 is 1.58 bits per heavy atom. The molecular weight excluding hydrogens is 156 g/mol. The van der Waals surface area contributed by atoms with E-state index in [0.717, 1.165) is 19.6 Å². The Kier molecular flexibility index (Phi) is 3.76. The Hall–Kier alpha value is -0.870. The number of carbonyl (C=O) groups excluding carboxylic acids is 1. The van der Waals surface area contributed by atoms with Crippen molar-refractivity contribution in [3.05, 3.63) is 12.7 Å². The van der Waals surface area contributed by atoms with E-state index >= 15 is 0 Å². The molecule has 12 heavy (non-hydrogen) atoms. The van der Waals surface area contributed by atoms with Crippen LogP contribution in [0.3, 0.4) is 0 Å². The molecule has 0 saturated carbocycles. The summed E-state index contributed by atoms with van der Waals surface area (Å²) in [4.78, 5) is 10.1. The average molecular weight is 170 g/mol. The summed E-state index contributed by atoms with van der Waals surface area (Å²) in [5.74, 6) is 0. The number of ether oxygens (including phenoxy) is 1. The monoisotopic (exact) mass is 170 g/mol. The summed E-state index contributed by atoms with van der Waals surface area (Å²) in [6.45, 7) is 6.73. The molecule has 2 unspecified atom stereocenters. The van der Waals surface area contributed by atoms with Crippen LogP contribution in [0.2, 0.25) is 0 Å². The van der Waals surface area contributed by atoms with Crippen molar-refractivity contribution < 1.29 is 9.53 Å². The van der Waals surface area contributed by atoms with E-state index in [1.165, 1.54) is 0 Å². The fraction of sp³-hybridized carbons (Fsp3) is 0.625. The highest BCUT2D eigenvalue weighted by Crippen LogP contribution is 2.00. The van der Waals surface area contributed by atoms with Gasteiger partial charge in [0.2, 0.25) is 0 Å². The van der Waals surface area contributed by atoms with E-state index in [-0.39, 0.29) is 12.1 Å². The summed E-state index contributed by atoms with van der Waals surface area (Å²) in [7, 11) is 0. The minimum atomic E-state index is -0.227. The van der Waals surface area contributed by atoms with E-state index in [2.05, 4.69) is 17.2 Å². The van der Waals surface area contributed by atoms with Crippen molar-refractivity contribution in [3.8, 4) is 0 Å². The Morgan fingerprint density at radius 2 is 2.42 bits per heavy atom. The largest absolute Gasteiger partial charge is 0.459 e. The molecule has 1 rings (SSSR count). The van der Waals surface area contributed by atoms with E-state index in [1.807, 2.05) is 0 Å². The lowest BCUT2D eigenvalue weighted by Gasteiger charge is -2.28. The molecule has 1 aliphatic rings. The lowest BCUT2D eigenvalue weighted by atomic mass is 10.1. The van der Waals surface area contributed by atoms with Crippen molar-refractivity contribution >= 4 is 6.47 Å². The summed E-state index contributed by atoms with van der Waals surface area (Å²) in [6.07, 6.45) is 1.41. The van der Waals surface area contributed by atoms with E-state index < -0.39 is 0 Å². The second-order valence-corrected chi connectivity index (χ2v) is 2.70. The van der Waals surface area contributed by atoms with Crippen LogP contribution in [0.25, 0.3) is 0 Å². The molecule has 2 atom stereocenters. The van der Waals surface area contributed by atoms with Gasteiger partial charge in [0.25, 0.3) is 6.47 Å². The average Bonchev–Trinajstić information content (AvgIpc) is 2.15. The highest BCUT2D eigenvalue weighted by Gasteiger charge is 2.21. The predicted molar refractivity (Wildman–Crippen MR) is 45.8 cm³/mol. The van der Waals surface area contributed by atoms with Gasteiger partial charge in [0.1, 0.15) is 6.10 Å². The van der Waals surface area contributed by atoms with Gasteiger partial charge >= 0.3 is 0 Å². The second-order valence-electron chi connectivity index (χ2n) is 2.70. The van der Waals surface area contributed by atoms with Gasteiger partial charge in [-0.3, -0.25) is 4.79 Å². The van der Waals surface area contributed by atoms with Crippen LogP contribution in [-0.2, 0) is 9.53 Å². The first kappa shape index (κ1) is 9.22. The van der Waals surface area contributed by atoms with Crippen LogP contribution in [0.1, 0.15) is 0 Å². The Balaban J connectivity index is 2.39. The molecule has 0 radical (unpaired) electrons. The molecule has 1 fully saturated rings. The first-order valence-electron chi connectivity index (χ1n) is 4.04. The van der Waals surface area contributed by atoms with Crippen molar-refractivity contribution in [3.63, 3.8) is 0 Å². The molecule has 1 saturated heterocycles. The molecule has 4 heteroatoms. The fourth-order valence-electron chi connectivity index (χ4n) is 1.29. The normalized spacial score (nSPS) is 25.8. The first-order chi connectivity index (χ1) is 5.88. The van der Waals surface area contributed by atoms with E-state index in [1.54, 1.807) is 6.08 Å². The zero-order valence-corrected chi connectivity index (χ0v) is 6.95. The number of nitrogens with one attached hydrogen (secondary N) is 2. The van der Waals surface area contributed by atoms with Crippen molar-refractivity contribution in [2.45, 2.75) is 12.1 Å². The number of carbonyl (C=O) groups is 1. The fourth-order valence-corrected chi connectivity index (χ4v) is 1.29. The van der Waals surface area contributed by atoms with Gasteiger partial charge in [-0.05, 0) is 6.08 Å². The highest BCUT2D eigenvalue weighted by atomic mass is 16.5. The van der Waals surface area contributed by atoms with Crippen LogP contribution in [0.5, 0.6) is 0 Å². The summed E-state index contributed by atoms with van der Waals surface area (Å²) in [5.41, 5.74) is 0. The summed E-state index contributed by atoms with van der Waals surface area (Å²) in [6, 6.07) is 0.154. The standard InChI is InChI=1S/C8H14N2O2/c1-2-8(12-6-11)7-5-9-3-4-10-7/h2,6-10H,1,3-5H2. The summed E-state index contributed by atoms with van der Waals surface area (Å²) < 4.78 is 4.83. The lowest BCUT2D eigenvalue weighted by Crippen LogP contribution is -2.54. The molecule has 1 heterocycles. The molecule has 2 N–H and O–H groups in total. The van der Waals surface area contributed by atoms with Crippen LogP contribution in [-0.4, -0.2) is 38.3 Å². The molecule has 68 valence electrons. The van der Waals surface area contributed by atoms with E-state index in [9.17, 15) is 4.79 Å². The van der Waals surface area contributed by atoms with E-state index in [4.69, 9.17) is 4.74 Å². The minimum absolute atomic E-state index is 0.154. The van der Waals surface area contributed by atoms with Crippen LogP contribution < -0.4 is 10.6 Å². The number of rotatable bonds is 4. The molecule has 0 amide bonds. The molecule has 0 spiro atoms. The molecule has 4 nitrogen and oxygen atoms in total. The third kappa shape index (κ3) is 2.32. The number of hydrogen-bond acceptors (Lipinski definition) is 4. The summed E-state index contributed by atoms with van der Waals surface area (Å²) >= 11 is 0. The third-order valence-corrected chi connectivity index (χ3v) is 1.91. The first-order valence-corrected chi connectivity index (χ1v) is 4.04. The Morgan fingerprint density at radius 3 is 2.92 bits per heavy atom. The smallest absolute Gasteiger partial charge is 0.293 e. The third-order valence-electron chi connectivity index (χ3n) is 1.91. The van der Waals surface area contributed by atoms with Crippen molar-refractivity contribution in [1.29, 1.82) is 0 Å². The highest BCUT2D eigenvalue weighted by molar-refractivity contribution is 5.38. The van der Waals surface area contributed by atoms with Gasteiger partial charge in [0, 0.05) is 19.6 Å². The van der Waals surface area contributed by atoms with Gasteiger partial charge in [-0.15, -0.1) is 0 Å². The lowest BCUT2D eigenvalue weighted by molar-refractivity contribution is -0.132. The van der Waals surface area contributed by atoms with Gasteiger partial charge in [-0.25, -0.2) is 0 Å². The maximum atomic E-state index is 10.1. The summed E-state index contributed by atoms with van der Waals surface area (Å²) in [5, 5.41) is 6.44. The van der Waals surface area contributed by atoms with Crippen molar-refractivity contribution in [2.24, 2.45) is 0 Å². The van der Waals surface area contributed by atoms with Crippen LogP contribution in [0.4, 0.5) is 0 Å². The maximum Gasteiger partial charge on any atom is 0.293 e. The van der Waals surface area contributed by atoms with Crippen molar-refractivity contribution in [2.75, 3.05) is 19.6 Å². The van der Waals surface area contributed by atoms with Gasteiger partial charge in [0.05, 0.1) is 6.04 Å². The molecule has 0 aromatic heterocycles. The van der Waals surface area contributed by atoms with Gasteiger partial charge in [-0.2, -0.15) is 0 Å². The zero-order valence-electron chi connectivity index (χ0n) is 6.95. The predicted octanol–water partition coefficient (Wildman–Crippen LogP) is -0.725. The van der Waals surface area contributed by atoms with Crippen LogP contribution in [0.15, 0.2) is 12.7 Å². The quantitative estimate of drug-likeness (QED) is 0.431. The molecule has 0 aromatic carbocycles. The zero-order chi connectivity index (χ0) is 8.81. The molecule has 0 bridgehead atoms. The van der Waals surface area contributed by atoms with Crippen LogP contribution >= 0.6 is 0 Å². The SMILES string of the molecule is C=CC(OC=O)C1CNCCN1.